The molecule has 0 unspecified atom stereocenters. The number of benzene rings is 1. The molecule has 0 radical (unpaired) electrons. The van der Waals surface area contributed by atoms with Gasteiger partial charge in [0.15, 0.2) is 11.5 Å². The van der Waals surface area contributed by atoms with Crippen molar-refractivity contribution in [2.75, 3.05) is 17.7 Å². The topological polar surface area (TPSA) is 100 Å². The third-order valence-electron chi connectivity index (χ3n) is 4.71. The average molecular weight is 418 g/mol. The van der Waals surface area contributed by atoms with Gasteiger partial charge in [0.1, 0.15) is 5.65 Å². The molecule has 31 heavy (non-hydrogen) atoms. The van der Waals surface area contributed by atoms with Crippen LogP contribution in [0.4, 0.5) is 21.6 Å². The Labute approximate surface area is 177 Å². The van der Waals surface area contributed by atoms with Gasteiger partial charge >= 0.3 is 0 Å². The first-order chi connectivity index (χ1) is 15.0. The summed E-state index contributed by atoms with van der Waals surface area (Å²) in [5.74, 6) is -1.61. The maximum absolute atomic E-state index is 14.7. The first-order valence-corrected chi connectivity index (χ1v) is 9.46. The van der Waals surface area contributed by atoms with E-state index in [0.29, 0.717) is 11.5 Å². The second-order valence-electron chi connectivity index (χ2n) is 6.77. The Kier molecular flexibility index (Phi) is 5.31. The highest BCUT2D eigenvalue weighted by molar-refractivity contribution is 6.06. The number of hydrogen-bond donors (Lipinski definition) is 3. The van der Waals surface area contributed by atoms with Crippen LogP contribution in [0.25, 0.3) is 5.65 Å². The molecule has 3 heterocycles. The summed E-state index contributed by atoms with van der Waals surface area (Å²) in [7, 11) is 1.49. The summed E-state index contributed by atoms with van der Waals surface area (Å²) in [6, 6.07) is 13.9. The predicted molar refractivity (Wildman–Crippen MR) is 115 cm³/mol. The van der Waals surface area contributed by atoms with Crippen molar-refractivity contribution in [1.29, 1.82) is 0 Å². The molecule has 3 N–H and O–H groups in total. The zero-order valence-corrected chi connectivity index (χ0v) is 16.8. The number of aromatic nitrogens is 3. The Hall–Kier alpha value is -4.27. The fourth-order valence-corrected chi connectivity index (χ4v) is 3.06. The lowest BCUT2D eigenvalue weighted by atomic mass is 10.2. The van der Waals surface area contributed by atoms with E-state index in [1.165, 1.54) is 29.9 Å². The molecule has 3 aromatic heterocycles. The predicted octanol–water partition coefficient (Wildman–Crippen LogP) is 3.53. The van der Waals surface area contributed by atoms with Crippen LogP contribution in [-0.4, -0.2) is 33.2 Å². The summed E-state index contributed by atoms with van der Waals surface area (Å²) >= 11 is 0. The Morgan fingerprint density at radius 2 is 1.81 bits per heavy atom. The fraction of sp³-hybridized carbons (Fsp3) is 0.0909. The monoisotopic (exact) mass is 418 g/mol. The molecule has 156 valence electrons. The molecular formula is C22H19FN6O2. The van der Waals surface area contributed by atoms with Crippen molar-refractivity contribution in [2.45, 2.75) is 6.92 Å². The largest absolute Gasteiger partial charge is 0.355 e. The van der Waals surface area contributed by atoms with Gasteiger partial charge in [0.05, 0.1) is 11.3 Å². The molecule has 0 bridgehead atoms. The number of imidazole rings is 1. The van der Waals surface area contributed by atoms with Crippen LogP contribution in [0.5, 0.6) is 0 Å². The van der Waals surface area contributed by atoms with E-state index < -0.39 is 11.9 Å². The average Bonchev–Trinajstić information content (AvgIpc) is 3.12. The first-order valence-electron chi connectivity index (χ1n) is 9.46. The van der Waals surface area contributed by atoms with Crippen molar-refractivity contribution in [1.82, 2.24) is 19.7 Å². The molecule has 0 saturated heterocycles. The second-order valence-corrected chi connectivity index (χ2v) is 6.77. The molecule has 9 heteroatoms. The molecule has 0 aliphatic carbocycles. The third-order valence-corrected chi connectivity index (χ3v) is 4.71. The van der Waals surface area contributed by atoms with Gasteiger partial charge in [-0.2, -0.15) is 4.39 Å². The minimum atomic E-state index is -0.781. The Bertz CT molecular complexity index is 1300. The Balaban J connectivity index is 1.72. The van der Waals surface area contributed by atoms with E-state index in [1.54, 1.807) is 18.2 Å². The molecule has 1 aromatic carbocycles. The quantitative estimate of drug-likeness (QED) is 0.460. The molecule has 4 aromatic rings. The number of amides is 2. The summed E-state index contributed by atoms with van der Waals surface area (Å²) in [5, 5.41) is 8.28. The van der Waals surface area contributed by atoms with E-state index in [2.05, 4.69) is 25.9 Å². The molecule has 0 fully saturated rings. The van der Waals surface area contributed by atoms with Crippen molar-refractivity contribution in [3.05, 3.63) is 83.7 Å². The van der Waals surface area contributed by atoms with E-state index in [9.17, 15) is 14.0 Å². The van der Waals surface area contributed by atoms with Crippen LogP contribution in [0, 0.1) is 12.9 Å². The normalized spacial score (nSPS) is 10.7. The number of carbonyl (C=O) groups is 2. The van der Waals surface area contributed by atoms with Gasteiger partial charge in [0.25, 0.3) is 11.8 Å². The zero-order valence-electron chi connectivity index (χ0n) is 16.8. The van der Waals surface area contributed by atoms with Gasteiger partial charge in [0.2, 0.25) is 5.95 Å². The summed E-state index contributed by atoms with van der Waals surface area (Å²) in [6.07, 6.45) is 2.87. The number of para-hydroxylation sites is 1. The maximum Gasteiger partial charge on any atom is 0.279 e. The van der Waals surface area contributed by atoms with Gasteiger partial charge in [-0.15, -0.1) is 0 Å². The van der Waals surface area contributed by atoms with Crippen molar-refractivity contribution >= 4 is 34.7 Å². The third kappa shape index (κ3) is 3.93. The summed E-state index contributed by atoms with van der Waals surface area (Å²) in [4.78, 5) is 33.3. The van der Waals surface area contributed by atoms with Crippen LogP contribution in [0.3, 0.4) is 0 Å². The van der Waals surface area contributed by atoms with E-state index >= 15 is 0 Å². The number of pyridine rings is 2. The molecule has 2 amide bonds. The van der Waals surface area contributed by atoms with Gasteiger partial charge in [-0.3, -0.25) is 14.0 Å². The van der Waals surface area contributed by atoms with Crippen molar-refractivity contribution < 1.29 is 14.0 Å². The lowest BCUT2D eigenvalue weighted by Gasteiger charge is -2.14. The minimum absolute atomic E-state index is 0.214. The first kappa shape index (κ1) is 20.0. The number of nitrogens with one attached hydrogen (secondary N) is 3. The standard InChI is InChI=1S/C22H19FN6O2/c1-13-7-3-4-8-15(13)26-20-16(11-14(12-25-20)21(30)24-2)27-22(31)18-19(23)29-10-6-5-9-17(29)28-18/h3-12H,1-2H3,(H,24,30)(H,25,26)(H,27,31). The van der Waals surface area contributed by atoms with Gasteiger partial charge in [-0.25, -0.2) is 9.97 Å². The zero-order chi connectivity index (χ0) is 22.0. The number of halogens is 1. The molecule has 0 spiro atoms. The lowest BCUT2D eigenvalue weighted by Crippen LogP contribution is -2.20. The highest BCUT2D eigenvalue weighted by Crippen LogP contribution is 2.27. The smallest absolute Gasteiger partial charge is 0.279 e. The molecular weight excluding hydrogens is 399 g/mol. The number of hydrogen-bond acceptors (Lipinski definition) is 5. The Morgan fingerprint density at radius 3 is 2.55 bits per heavy atom. The van der Waals surface area contributed by atoms with Gasteiger partial charge < -0.3 is 16.0 Å². The highest BCUT2D eigenvalue weighted by atomic mass is 19.1. The fourth-order valence-electron chi connectivity index (χ4n) is 3.06. The lowest BCUT2D eigenvalue weighted by molar-refractivity contribution is 0.0960. The van der Waals surface area contributed by atoms with Crippen molar-refractivity contribution in [2.24, 2.45) is 0 Å². The van der Waals surface area contributed by atoms with Crippen molar-refractivity contribution in [3.63, 3.8) is 0 Å². The van der Waals surface area contributed by atoms with E-state index in [-0.39, 0.29) is 22.9 Å². The highest BCUT2D eigenvalue weighted by Gasteiger charge is 2.21. The number of anilines is 3. The van der Waals surface area contributed by atoms with Crippen LogP contribution < -0.4 is 16.0 Å². The Morgan fingerprint density at radius 1 is 1.03 bits per heavy atom. The van der Waals surface area contributed by atoms with Crippen molar-refractivity contribution in [3.8, 4) is 0 Å². The van der Waals surface area contributed by atoms with E-state index in [0.717, 1.165) is 11.3 Å². The molecule has 8 nitrogen and oxygen atoms in total. The van der Waals surface area contributed by atoms with E-state index in [1.807, 2.05) is 31.2 Å². The molecule has 0 atom stereocenters. The SMILES string of the molecule is CNC(=O)c1cnc(Nc2ccccc2C)c(NC(=O)c2nc3ccccn3c2F)c1. The van der Waals surface area contributed by atoms with Crippen LogP contribution in [0.2, 0.25) is 0 Å². The summed E-state index contributed by atoms with van der Waals surface area (Å²) < 4.78 is 15.9. The number of nitrogens with zero attached hydrogens (tertiary/aromatic N) is 3. The molecule has 0 aliphatic rings. The molecule has 0 saturated carbocycles. The molecule has 0 aliphatic heterocycles. The van der Waals surface area contributed by atoms with Gasteiger partial charge in [-0.1, -0.05) is 24.3 Å². The number of rotatable bonds is 5. The van der Waals surface area contributed by atoms with Gasteiger partial charge in [-0.05, 0) is 36.8 Å². The van der Waals surface area contributed by atoms with Crippen LogP contribution in [0.15, 0.2) is 60.9 Å². The van der Waals surface area contributed by atoms with Crippen LogP contribution in [-0.2, 0) is 0 Å². The minimum Gasteiger partial charge on any atom is -0.355 e. The number of aryl methyl sites for hydroxylation is 1. The number of carbonyl (C=O) groups excluding carboxylic acids is 2. The maximum atomic E-state index is 14.7. The summed E-state index contributed by atoms with van der Waals surface area (Å²) in [6.45, 7) is 1.92. The number of fused-ring (bicyclic) bond motifs is 1. The second kappa shape index (κ2) is 8.23. The van der Waals surface area contributed by atoms with Crippen LogP contribution >= 0.6 is 0 Å². The van der Waals surface area contributed by atoms with Crippen LogP contribution in [0.1, 0.15) is 26.4 Å². The summed E-state index contributed by atoms with van der Waals surface area (Å²) in [5.41, 5.74) is 2.13. The molecule has 4 rings (SSSR count). The van der Waals surface area contributed by atoms with E-state index in [4.69, 9.17) is 0 Å². The van der Waals surface area contributed by atoms with Gasteiger partial charge in [0, 0.05) is 25.1 Å².